The van der Waals surface area contributed by atoms with Crippen LogP contribution in [-0.4, -0.2) is 196 Å². The van der Waals surface area contributed by atoms with Crippen molar-refractivity contribution in [1.29, 1.82) is 0 Å². The number of unbranched alkanes of at least 4 members (excludes halogenated alkanes) is 4. The van der Waals surface area contributed by atoms with Crippen LogP contribution in [0.25, 0.3) is 0 Å². The molecule has 0 aliphatic rings. The van der Waals surface area contributed by atoms with E-state index < -0.39 is 47.8 Å². The molecule has 0 unspecified atom stereocenters. The Morgan fingerprint density at radius 1 is 0.414 bits per heavy atom. The van der Waals surface area contributed by atoms with Crippen molar-refractivity contribution in [2.24, 2.45) is 20.0 Å². The van der Waals surface area contributed by atoms with Crippen molar-refractivity contribution >= 4 is 89.4 Å². The van der Waals surface area contributed by atoms with E-state index in [2.05, 4.69) is 41.2 Å². The summed E-state index contributed by atoms with van der Waals surface area (Å²) < 4.78 is 0. The van der Waals surface area contributed by atoms with Crippen molar-refractivity contribution < 1.29 is 141 Å². The molecule has 24 nitrogen and oxygen atoms in total. The van der Waals surface area contributed by atoms with Gasteiger partial charge in [0.05, 0.1) is 26.2 Å². The molecular weight excluding hydrogens is 940 g/mol. The van der Waals surface area contributed by atoms with Crippen molar-refractivity contribution in [3.63, 3.8) is 0 Å². The molecule has 2 rings (SSSR count). The summed E-state index contributed by atoms with van der Waals surface area (Å²) in [6.07, 6.45) is 10.9. The van der Waals surface area contributed by atoms with E-state index in [1.807, 2.05) is 24.3 Å². The van der Waals surface area contributed by atoms with Gasteiger partial charge >= 0.3 is 107 Å². The van der Waals surface area contributed by atoms with E-state index in [-0.39, 0.29) is 131 Å². The number of carbonyl (C=O) groups is 8. The van der Waals surface area contributed by atoms with Crippen LogP contribution in [-0.2, 0) is 51.4 Å². The number of nitrogens with one attached hydrogen (secondary N) is 4. The third-order valence-corrected chi connectivity index (χ3v) is 7.35. The molecule has 6 radical (unpaired) electrons. The molecule has 0 fully saturated rings. The van der Waals surface area contributed by atoms with Crippen LogP contribution >= 0.6 is 0 Å². The second-order valence-electron chi connectivity index (χ2n) is 13.1. The molecule has 2 aromatic rings. The predicted molar refractivity (Wildman–Crippen MR) is 256 cm³/mol. The van der Waals surface area contributed by atoms with Crippen LogP contribution in [0.15, 0.2) is 68.5 Å². The summed E-state index contributed by atoms with van der Waals surface area (Å²) in [7, 11) is 0. The average Bonchev–Trinajstić information content (AvgIpc) is 3.23. The number of nitrogens with zero attached hydrogens (tertiary/aromatic N) is 4. The van der Waals surface area contributed by atoms with Gasteiger partial charge in [-0.2, -0.15) is 0 Å². The SMILES string of the molecule is O=C(O)CN=CCCCC=NCC(=O)O.O=C(O)CN=Cc1ccccc1C=NCC(=O)O.O=C(O)CNCCCCCNCC(=O)O.O=C(O)CNCc1ccccc1CNCC(=O)O.[B].[B].[H-].[H-].[Na+].[Na+]. The van der Waals surface area contributed by atoms with E-state index in [1.54, 1.807) is 36.7 Å². The van der Waals surface area contributed by atoms with Crippen LogP contribution in [0.2, 0.25) is 0 Å². The molecule has 0 aromatic heterocycles. The maximum Gasteiger partial charge on any atom is 1.00 e. The molecule has 0 saturated heterocycles. The van der Waals surface area contributed by atoms with Gasteiger partial charge in [-0.3, -0.25) is 58.3 Å². The van der Waals surface area contributed by atoms with E-state index in [9.17, 15) is 38.4 Å². The number of hydrogen-bond donors (Lipinski definition) is 12. The van der Waals surface area contributed by atoms with Crippen molar-refractivity contribution in [3.05, 3.63) is 70.8 Å². The van der Waals surface area contributed by atoms with Gasteiger partial charge in [0.1, 0.15) is 26.2 Å². The maximum atomic E-state index is 10.4. The zero-order valence-corrected chi connectivity index (χ0v) is 43.4. The second kappa shape index (κ2) is 53.2. The maximum absolute atomic E-state index is 10.4. The van der Waals surface area contributed by atoms with Crippen LogP contribution in [0.1, 0.15) is 63.6 Å². The standard InChI is InChI=1S/C12H16N2O4.C12H12N2O4.C9H18N2O4.C9H14N2O4.2B.2Na.2H/c2*15-11(16)7-13-5-9-3-1-2-4-10(9)6-14-8-12(17)18;2*12-8(13)6-10-4-2-1-3-5-11-7-9(14)15;;;;;;/h1-4,13-14H,5-8H2,(H,15,16)(H,17,18);1-6H,7-8H2,(H,15,16)(H,17,18);10-11H,1-7H2,(H,12,13)(H,14,15);4-5H,1-3,6-7H2,(H,12,13)(H,14,15);;;;;;/q;;;;;;2*+1;2*-1. The van der Waals surface area contributed by atoms with Gasteiger partial charge in [0.15, 0.2) is 0 Å². The Morgan fingerprint density at radius 2 is 0.714 bits per heavy atom. The molecule has 0 heterocycles. The van der Waals surface area contributed by atoms with Crippen LogP contribution in [0.4, 0.5) is 0 Å². The van der Waals surface area contributed by atoms with Gasteiger partial charge in [-0.05, 0) is 68.7 Å². The Kier molecular flexibility index (Phi) is 58.0. The molecule has 12 N–H and O–H groups in total. The van der Waals surface area contributed by atoms with Crippen LogP contribution in [0.3, 0.4) is 0 Å². The normalized spacial score (nSPS) is 10.1. The Morgan fingerprint density at radius 3 is 1.03 bits per heavy atom. The van der Waals surface area contributed by atoms with Crippen molar-refractivity contribution in [3.8, 4) is 0 Å². The first-order valence-electron chi connectivity index (χ1n) is 20.1. The van der Waals surface area contributed by atoms with E-state index >= 15 is 0 Å². The number of carboxylic acids is 8. The fourth-order valence-corrected chi connectivity index (χ4v) is 4.54. The second-order valence-corrected chi connectivity index (χ2v) is 13.1. The summed E-state index contributed by atoms with van der Waals surface area (Å²) in [6, 6.07) is 14.5. The number of carboxylic acid groups (broad SMARTS) is 8. The van der Waals surface area contributed by atoms with Gasteiger partial charge in [0.2, 0.25) is 0 Å². The van der Waals surface area contributed by atoms with E-state index in [0.29, 0.717) is 50.1 Å². The monoisotopic (exact) mass is 1000 g/mol. The predicted octanol–water partition coefficient (Wildman–Crippen LogP) is -5.83. The van der Waals surface area contributed by atoms with E-state index in [0.717, 1.165) is 36.8 Å². The quantitative estimate of drug-likeness (QED) is 0.0184. The van der Waals surface area contributed by atoms with Crippen LogP contribution < -0.4 is 80.4 Å². The minimum atomic E-state index is -1.01. The Hall–Kier alpha value is -5.15. The molecular formula is C42H62B2N8Na2O16. The first-order chi connectivity index (χ1) is 31.4. The summed E-state index contributed by atoms with van der Waals surface area (Å²) in [5.41, 5.74) is 3.29. The minimum Gasteiger partial charge on any atom is -1.00 e. The van der Waals surface area contributed by atoms with Gasteiger partial charge in [-0.25, -0.2) is 0 Å². The molecule has 70 heavy (non-hydrogen) atoms. The zero-order chi connectivity index (χ0) is 49.8. The van der Waals surface area contributed by atoms with Gasteiger partial charge in [-0.15, -0.1) is 0 Å². The van der Waals surface area contributed by atoms with Crippen molar-refractivity contribution in [2.75, 3.05) is 65.4 Å². The number of aliphatic imine (C=N–C) groups is 4. The van der Waals surface area contributed by atoms with Crippen LogP contribution in [0, 0.1) is 0 Å². The number of hydrogen-bond acceptors (Lipinski definition) is 16. The molecule has 0 amide bonds. The summed E-state index contributed by atoms with van der Waals surface area (Å²) in [4.78, 5) is 96.5. The average molecular weight is 1000 g/mol. The van der Waals surface area contributed by atoms with Gasteiger partial charge in [-0.1, -0.05) is 55.0 Å². The molecule has 0 saturated carbocycles. The van der Waals surface area contributed by atoms with Gasteiger partial charge in [0.25, 0.3) is 0 Å². The smallest absolute Gasteiger partial charge is 1.00 e. The van der Waals surface area contributed by atoms with Gasteiger partial charge < -0.3 is 65.0 Å². The van der Waals surface area contributed by atoms with Crippen molar-refractivity contribution in [2.45, 2.75) is 51.6 Å². The van der Waals surface area contributed by atoms with Gasteiger partial charge in [0, 0.05) is 53.5 Å². The molecule has 0 bridgehead atoms. The number of benzene rings is 2. The third kappa shape index (κ3) is 57.2. The molecule has 0 atom stereocenters. The molecule has 0 aliphatic heterocycles. The Bertz CT molecular complexity index is 1800. The fourth-order valence-electron chi connectivity index (χ4n) is 4.54. The number of rotatable bonds is 32. The summed E-state index contributed by atoms with van der Waals surface area (Å²) in [6.45, 7) is 1.04. The topological polar surface area (TPSA) is 396 Å². The molecule has 28 heteroatoms. The molecule has 374 valence electrons. The first kappa shape index (κ1) is 76.3. The van der Waals surface area contributed by atoms with E-state index in [1.165, 1.54) is 12.4 Å². The Balaban J connectivity index is -0.000000124. The number of aliphatic carboxylic acids is 8. The zero-order valence-electron chi connectivity index (χ0n) is 41.4. The summed E-state index contributed by atoms with van der Waals surface area (Å²) in [5.74, 6) is -7.43. The van der Waals surface area contributed by atoms with Crippen molar-refractivity contribution in [1.82, 2.24) is 21.3 Å². The fraction of sp³-hybridized carbons (Fsp3) is 0.429. The largest absolute Gasteiger partial charge is 1.00 e. The first-order valence-corrected chi connectivity index (χ1v) is 20.1. The summed E-state index contributed by atoms with van der Waals surface area (Å²) in [5, 5.41) is 78.2. The summed E-state index contributed by atoms with van der Waals surface area (Å²) >= 11 is 0. The van der Waals surface area contributed by atoms with Crippen LogP contribution in [0.5, 0.6) is 0 Å². The minimum absolute atomic E-state index is 0. The molecule has 0 spiro atoms. The molecule has 2 aromatic carbocycles. The molecule has 0 aliphatic carbocycles. The van der Waals surface area contributed by atoms with E-state index in [4.69, 9.17) is 40.9 Å². The third-order valence-electron chi connectivity index (χ3n) is 7.35. The Labute approximate surface area is 456 Å².